The Kier molecular flexibility index (Phi) is 5.35. The van der Waals surface area contributed by atoms with Gasteiger partial charge in [0.1, 0.15) is 12.1 Å². The van der Waals surface area contributed by atoms with Crippen LogP contribution < -0.4 is 10.2 Å². The van der Waals surface area contributed by atoms with Gasteiger partial charge in [0.05, 0.1) is 0 Å². The fourth-order valence-corrected chi connectivity index (χ4v) is 3.26. The maximum absolute atomic E-state index is 13.0. The summed E-state index contributed by atoms with van der Waals surface area (Å²) in [4.78, 5) is 26.9. The minimum absolute atomic E-state index is 0.0367. The van der Waals surface area contributed by atoms with E-state index in [-0.39, 0.29) is 17.9 Å². The number of benzene rings is 1. The number of rotatable bonds is 6. The highest BCUT2D eigenvalue weighted by atomic mass is 16.4. The first-order valence-electron chi connectivity index (χ1n) is 8.93. The van der Waals surface area contributed by atoms with Gasteiger partial charge in [-0.3, -0.25) is 14.5 Å². The Bertz CT molecular complexity index is 772. The van der Waals surface area contributed by atoms with Crippen LogP contribution in [0.5, 0.6) is 0 Å². The Morgan fingerprint density at radius 2 is 2.04 bits per heavy atom. The molecule has 26 heavy (non-hydrogen) atoms. The summed E-state index contributed by atoms with van der Waals surface area (Å²) < 4.78 is 5.53. The van der Waals surface area contributed by atoms with Gasteiger partial charge in [0.25, 0.3) is 0 Å². The Labute approximate surface area is 152 Å². The fraction of sp³-hybridized carbons (Fsp3) is 0.474. The molecule has 2 aromatic rings. The van der Waals surface area contributed by atoms with Crippen LogP contribution in [0.1, 0.15) is 50.9 Å². The van der Waals surface area contributed by atoms with Gasteiger partial charge in [0, 0.05) is 19.0 Å². The number of anilines is 1. The average Bonchev–Trinajstić information content (AvgIpc) is 3.20. The maximum Gasteiger partial charge on any atom is 0.243 e. The third-order valence-electron chi connectivity index (χ3n) is 4.41. The Morgan fingerprint density at radius 3 is 2.65 bits per heavy atom. The molecule has 3 rings (SSSR count). The molecule has 0 saturated carbocycles. The molecule has 0 aliphatic carbocycles. The summed E-state index contributed by atoms with van der Waals surface area (Å²) in [6.07, 6.45) is 1.54. The highest BCUT2D eigenvalue weighted by Gasteiger charge is 2.38. The first-order chi connectivity index (χ1) is 12.5. The smallest absolute Gasteiger partial charge is 0.243 e. The highest BCUT2D eigenvalue weighted by molar-refractivity contribution is 6.03. The highest BCUT2D eigenvalue weighted by Crippen LogP contribution is 2.28. The number of para-hydroxylation sites is 1. The van der Waals surface area contributed by atoms with E-state index in [4.69, 9.17) is 4.42 Å². The molecular formula is C19H24N4O3. The van der Waals surface area contributed by atoms with E-state index in [1.807, 2.05) is 30.3 Å². The lowest BCUT2D eigenvalue weighted by Gasteiger charge is -2.26. The number of carbonyl (C=O) groups is 2. The van der Waals surface area contributed by atoms with Crippen molar-refractivity contribution in [2.24, 2.45) is 5.92 Å². The molecule has 0 radical (unpaired) electrons. The molecule has 1 aliphatic rings. The molecule has 0 spiro atoms. The minimum Gasteiger partial charge on any atom is -0.423 e. The van der Waals surface area contributed by atoms with Crippen LogP contribution in [0.25, 0.3) is 0 Å². The quantitative estimate of drug-likeness (QED) is 0.860. The van der Waals surface area contributed by atoms with Gasteiger partial charge in [-0.15, -0.1) is 10.2 Å². The molecular weight excluding hydrogens is 332 g/mol. The second kappa shape index (κ2) is 7.68. The molecule has 1 N–H and O–H groups in total. The van der Waals surface area contributed by atoms with Crippen LogP contribution in [-0.2, 0) is 9.59 Å². The zero-order valence-corrected chi connectivity index (χ0v) is 15.3. The van der Waals surface area contributed by atoms with Crippen LogP contribution in [-0.4, -0.2) is 28.1 Å². The molecule has 2 atom stereocenters. The van der Waals surface area contributed by atoms with Crippen LogP contribution in [0, 0.1) is 12.8 Å². The van der Waals surface area contributed by atoms with Crippen molar-refractivity contribution < 1.29 is 14.0 Å². The zero-order chi connectivity index (χ0) is 18.7. The largest absolute Gasteiger partial charge is 0.423 e. The van der Waals surface area contributed by atoms with Gasteiger partial charge in [0.2, 0.25) is 23.6 Å². The van der Waals surface area contributed by atoms with E-state index in [2.05, 4.69) is 29.4 Å². The summed E-state index contributed by atoms with van der Waals surface area (Å²) in [6, 6.07) is 8.40. The first-order valence-corrected chi connectivity index (χ1v) is 8.93. The Morgan fingerprint density at radius 1 is 1.31 bits per heavy atom. The molecule has 1 fully saturated rings. The predicted molar refractivity (Wildman–Crippen MR) is 96.3 cm³/mol. The van der Waals surface area contributed by atoms with E-state index >= 15 is 0 Å². The summed E-state index contributed by atoms with van der Waals surface area (Å²) >= 11 is 0. The topological polar surface area (TPSA) is 88.3 Å². The van der Waals surface area contributed by atoms with E-state index in [0.717, 1.165) is 5.69 Å². The average molecular weight is 356 g/mol. The van der Waals surface area contributed by atoms with Crippen LogP contribution in [0.15, 0.2) is 34.7 Å². The van der Waals surface area contributed by atoms with E-state index in [1.54, 1.807) is 11.8 Å². The predicted octanol–water partition coefficient (Wildman–Crippen LogP) is 2.78. The number of aryl methyl sites for hydroxylation is 1. The van der Waals surface area contributed by atoms with Crippen molar-refractivity contribution >= 4 is 17.5 Å². The van der Waals surface area contributed by atoms with Gasteiger partial charge < -0.3 is 9.73 Å². The van der Waals surface area contributed by atoms with E-state index in [0.29, 0.717) is 37.0 Å². The number of hydrogen-bond acceptors (Lipinski definition) is 5. The van der Waals surface area contributed by atoms with Crippen molar-refractivity contribution in [1.29, 1.82) is 0 Å². The van der Waals surface area contributed by atoms with Crippen LogP contribution in [0.2, 0.25) is 0 Å². The van der Waals surface area contributed by atoms with Crippen molar-refractivity contribution in [3.05, 3.63) is 42.1 Å². The number of aromatic nitrogens is 2. The van der Waals surface area contributed by atoms with Gasteiger partial charge in [-0.05, 0) is 30.9 Å². The molecule has 7 heteroatoms. The second-order valence-electron chi connectivity index (χ2n) is 7.00. The third-order valence-corrected chi connectivity index (χ3v) is 4.41. The molecule has 2 heterocycles. The fourth-order valence-electron chi connectivity index (χ4n) is 3.26. The Hall–Kier alpha value is -2.70. The lowest BCUT2D eigenvalue weighted by Crippen LogP contribution is -2.46. The summed E-state index contributed by atoms with van der Waals surface area (Å²) in [5.74, 6) is 0.972. The van der Waals surface area contributed by atoms with Crippen LogP contribution >= 0.6 is 0 Å². The summed E-state index contributed by atoms with van der Waals surface area (Å²) in [5.41, 5.74) is 0.740. The number of nitrogens with one attached hydrogen (secondary N) is 1. The number of amides is 2. The van der Waals surface area contributed by atoms with E-state index in [9.17, 15) is 9.59 Å². The van der Waals surface area contributed by atoms with Gasteiger partial charge >= 0.3 is 0 Å². The lowest BCUT2D eigenvalue weighted by atomic mass is 10.0. The zero-order valence-electron chi connectivity index (χ0n) is 15.3. The number of nitrogens with zero attached hydrogens (tertiary/aromatic N) is 3. The molecule has 1 aromatic carbocycles. The summed E-state index contributed by atoms with van der Waals surface area (Å²) in [7, 11) is 0. The van der Waals surface area contributed by atoms with Crippen molar-refractivity contribution in [2.45, 2.75) is 52.1 Å². The molecule has 1 aliphatic heterocycles. The molecule has 1 aromatic heterocycles. The van der Waals surface area contributed by atoms with Crippen molar-refractivity contribution in [2.75, 3.05) is 4.90 Å². The van der Waals surface area contributed by atoms with Gasteiger partial charge in [-0.2, -0.15) is 0 Å². The van der Waals surface area contributed by atoms with Crippen molar-refractivity contribution in [3.63, 3.8) is 0 Å². The molecule has 7 nitrogen and oxygen atoms in total. The number of carbonyl (C=O) groups excluding carboxylic acids is 2. The lowest BCUT2D eigenvalue weighted by molar-refractivity contribution is -0.124. The van der Waals surface area contributed by atoms with Crippen LogP contribution in [0.3, 0.4) is 0 Å². The van der Waals surface area contributed by atoms with E-state index < -0.39 is 6.04 Å². The monoisotopic (exact) mass is 356 g/mol. The number of hydrogen-bond donors (Lipinski definition) is 1. The maximum atomic E-state index is 13.0. The van der Waals surface area contributed by atoms with Gasteiger partial charge in [0.15, 0.2) is 0 Å². The van der Waals surface area contributed by atoms with Crippen LogP contribution in [0.4, 0.5) is 5.69 Å². The Balaban J connectivity index is 1.79. The normalized spacial score (nSPS) is 18.4. The molecule has 2 unspecified atom stereocenters. The minimum atomic E-state index is -0.524. The molecule has 138 valence electrons. The summed E-state index contributed by atoms with van der Waals surface area (Å²) in [6.45, 7) is 5.85. The van der Waals surface area contributed by atoms with Crippen molar-refractivity contribution in [3.8, 4) is 0 Å². The summed E-state index contributed by atoms with van der Waals surface area (Å²) in [5, 5.41) is 10.9. The molecule has 1 saturated heterocycles. The van der Waals surface area contributed by atoms with Gasteiger partial charge in [-0.25, -0.2) is 0 Å². The van der Waals surface area contributed by atoms with Gasteiger partial charge in [-0.1, -0.05) is 32.0 Å². The van der Waals surface area contributed by atoms with E-state index in [1.165, 1.54) is 0 Å². The molecule has 0 bridgehead atoms. The SMILES string of the molecule is Cc1nnc(C(CC(C)C)NC(=O)C2CCC(=O)N2c2ccccc2)o1. The molecule has 2 amide bonds. The second-order valence-corrected chi connectivity index (χ2v) is 7.00. The standard InChI is InChI=1S/C19H24N4O3/c1-12(2)11-15(19-22-21-13(3)26-19)20-18(25)16-9-10-17(24)23(16)14-7-5-4-6-8-14/h4-8,12,15-16H,9-11H2,1-3H3,(H,20,25). The van der Waals surface area contributed by atoms with Crippen molar-refractivity contribution in [1.82, 2.24) is 15.5 Å². The first kappa shape index (κ1) is 18.1. The third kappa shape index (κ3) is 3.92.